The lowest BCUT2D eigenvalue weighted by atomic mass is 10.5. The van der Waals surface area contributed by atoms with E-state index in [0.29, 0.717) is 0 Å². The first-order valence-electron chi connectivity index (χ1n) is 2.30. The molecule has 0 aromatic carbocycles. The topological polar surface area (TPSA) is 83.5 Å². The number of nitrogens with one attached hydrogen (secondary N) is 1. The number of carbonyl (C=O) groups excluding carboxylic acids is 1. The van der Waals surface area contributed by atoms with Crippen molar-refractivity contribution in [2.24, 2.45) is 0 Å². The zero-order chi connectivity index (χ0) is 8.20. The summed E-state index contributed by atoms with van der Waals surface area (Å²) in [5.41, 5.74) is 0. The summed E-state index contributed by atoms with van der Waals surface area (Å²) in [7, 11) is -4.05. The minimum atomic E-state index is -4.05. The molecule has 60 valence electrons. The fraction of sp³-hybridized carbons (Fsp3) is 0.667. The van der Waals surface area contributed by atoms with E-state index in [2.05, 4.69) is 0 Å². The number of rotatable bonds is 3. The molecule has 0 heterocycles. The van der Waals surface area contributed by atoms with Gasteiger partial charge in [-0.05, 0) is 0 Å². The van der Waals surface area contributed by atoms with E-state index in [4.69, 9.17) is 16.3 Å². The Kier molecular flexibility index (Phi) is 3.62. The molecule has 0 saturated carbocycles. The largest absolute Gasteiger partial charge is 0.286 e. The lowest BCUT2D eigenvalue weighted by Gasteiger charge is -1.93. The van der Waals surface area contributed by atoms with Gasteiger partial charge in [0.05, 0.1) is 5.75 Å². The second kappa shape index (κ2) is 3.75. The monoisotopic (exact) mass is 187 g/mol. The van der Waals surface area contributed by atoms with Crippen molar-refractivity contribution in [3.05, 3.63) is 0 Å². The molecule has 0 aromatic rings. The van der Waals surface area contributed by atoms with Crippen molar-refractivity contribution in [2.75, 3.05) is 5.75 Å². The minimum absolute atomic E-state index is 0.331. The lowest BCUT2D eigenvalue weighted by molar-refractivity contribution is -0.119. The van der Waals surface area contributed by atoms with Crippen molar-refractivity contribution in [1.82, 2.24) is 4.84 Å². The van der Waals surface area contributed by atoms with Crippen LogP contribution in [0.1, 0.15) is 6.42 Å². The summed E-state index contributed by atoms with van der Waals surface area (Å²) >= 11 is 4.80. The maximum atomic E-state index is 10.2. The Morgan fingerprint density at radius 1 is 1.60 bits per heavy atom. The molecule has 0 aliphatic carbocycles. The van der Waals surface area contributed by atoms with Crippen LogP contribution in [0.2, 0.25) is 0 Å². The molecular weight excluding hydrogens is 182 g/mol. The van der Waals surface area contributed by atoms with E-state index >= 15 is 0 Å². The van der Waals surface area contributed by atoms with Crippen LogP contribution in [0.5, 0.6) is 0 Å². The third kappa shape index (κ3) is 5.80. The normalized spacial score (nSPS) is 11.0. The van der Waals surface area contributed by atoms with Crippen molar-refractivity contribution in [3.63, 3.8) is 0 Å². The average Bonchev–Trinajstić information content (AvgIpc) is 1.81. The summed E-state index contributed by atoms with van der Waals surface area (Å²) in [6.45, 7) is 0. The lowest BCUT2D eigenvalue weighted by Crippen LogP contribution is -2.17. The fourth-order valence-electron chi connectivity index (χ4n) is 0.269. The Balaban J connectivity index is 3.67. The Bertz CT molecular complexity index is 211. The van der Waals surface area contributed by atoms with Gasteiger partial charge in [-0.15, -0.1) is 0 Å². The number of hydrogen-bond donors (Lipinski definition) is 2. The van der Waals surface area contributed by atoms with E-state index in [1.165, 1.54) is 0 Å². The molecule has 0 aliphatic rings. The van der Waals surface area contributed by atoms with Gasteiger partial charge in [-0.3, -0.25) is 14.2 Å². The molecule has 0 spiro atoms. The van der Waals surface area contributed by atoms with Crippen LogP contribution in [-0.2, 0) is 14.9 Å². The molecule has 0 fully saturated rings. The first-order chi connectivity index (χ1) is 4.45. The summed E-state index contributed by atoms with van der Waals surface area (Å²) in [5, 5.41) is 0. The van der Waals surface area contributed by atoms with Crippen LogP contribution in [0.3, 0.4) is 0 Å². The Labute approximate surface area is 63.2 Å². The highest BCUT2D eigenvalue weighted by molar-refractivity contribution is 7.85. The third-order valence-electron chi connectivity index (χ3n) is 0.692. The summed E-state index contributed by atoms with van der Waals surface area (Å²) < 4.78 is 28.1. The predicted molar refractivity (Wildman–Crippen MR) is 35.0 cm³/mol. The maximum absolute atomic E-state index is 10.2. The fourth-order valence-corrected chi connectivity index (χ4v) is 0.807. The molecule has 1 amide bonds. The standard InChI is InChI=1S/C3H6ClNO4S/c4-5-3(6)1-2-10(7,8)9/h1-2H2,(H,5,6)(H,7,8,9). The SMILES string of the molecule is O=C(CCS(=O)(=O)O)NCl. The van der Waals surface area contributed by atoms with Gasteiger partial charge in [-0.2, -0.15) is 8.42 Å². The second-order valence-electron chi connectivity index (χ2n) is 1.55. The predicted octanol–water partition coefficient (Wildman–Crippen LogP) is -0.466. The molecule has 10 heavy (non-hydrogen) atoms. The highest BCUT2D eigenvalue weighted by atomic mass is 35.5. The Morgan fingerprint density at radius 3 is 2.40 bits per heavy atom. The summed E-state index contributed by atoms with van der Waals surface area (Å²) in [6.07, 6.45) is -0.331. The van der Waals surface area contributed by atoms with E-state index < -0.39 is 21.8 Å². The molecule has 0 aromatic heterocycles. The first kappa shape index (κ1) is 9.67. The third-order valence-corrected chi connectivity index (χ3v) is 1.62. The highest BCUT2D eigenvalue weighted by Gasteiger charge is 2.07. The minimum Gasteiger partial charge on any atom is -0.286 e. The molecule has 2 N–H and O–H groups in total. The second-order valence-corrected chi connectivity index (χ2v) is 3.31. The zero-order valence-electron chi connectivity index (χ0n) is 4.87. The summed E-state index contributed by atoms with van der Waals surface area (Å²) in [6, 6.07) is 0. The molecule has 0 bridgehead atoms. The van der Waals surface area contributed by atoms with E-state index in [9.17, 15) is 13.2 Å². The van der Waals surface area contributed by atoms with Crippen LogP contribution in [0.15, 0.2) is 0 Å². The van der Waals surface area contributed by atoms with Crippen LogP contribution >= 0.6 is 11.8 Å². The van der Waals surface area contributed by atoms with E-state index in [1.54, 1.807) is 4.84 Å². The van der Waals surface area contributed by atoms with E-state index in [-0.39, 0.29) is 6.42 Å². The molecule has 0 radical (unpaired) electrons. The maximum Gasteiger partial charge on any atom is 0.265 e. The molecule has 0 saturated heterocycles. The van der Waals surface area contributed by atoms with Crippen molar-refractivity contribution in [1.29, 1.82) is 0 Å². The number of carbonyl (C=O) groups is 1. The van der Waals surface area contributed by atoms with Crippen LogP contribution in [-0.4, -0.2) is 24.6 Å². The molecule has 0 unspecified atom stereocenters. The van der Waals surface area contributed by atoms with Crippen molar-refractivity contribution in [3.8, 4) is 0 Å². The molecule has 5 nitrogen and oxygen atoms in total. The van der Waals surface area contributed by atoms with Gasteiger partial charge < -0.3 is 0 Å². The smallest absolute Gasteiger partial charge is 0.265 e. The van der Waals surface area contributed by atoms with Crippen LogP contribution in [0, 0.1) is 0 Å². The molecular formula is C3H6ClNO4S. The van der Waals surface area contributed by atoms with Gasteiger partial charge in [-0.25, -0.2) is 0 Å². The average molecular weight is 188 g/mol. The summed E-state index contributed by atoms with van der Waals surface area (Å²) in [4.78, 5) is 11.9. The molecule has 0 atom stereocenters. The number of amides is 1. The number of hydrogen-bond acceptors (Lipinski definition) is 3. The van der Waals surface area contributed by atoms with Gasteiger partial charge in [-0.1, -0.05) is 0 Å². The molecule has 0 rings (SSSR count). The van der Waals surface area contributed by atoms with Gasteiger partial charge in [0.1, 0.15) is 0 Å². The van der Waals surface area contributed by atoms with Crippen LogP contribution in [0.25, 0.3) is 0 Å². The van der Waals surface area contributed by atoms with Crippen molar-refractivity contribution >= 4 is 27.8 Å². The zero-order valence-corrected chi connectivity index (χ0v) is 6.44. The van der Waals surface area contributed by atoms with Crippen LogP contribution in [0.4, 0.5) is 0 Å². The number of halogens is 1. The molecule has 0 aliphatic heterocycles. The van der Waals surface area contributed by atoms with E-state index in [0.717, 1.165) is 0 Å². The van der Waals surface area contributed by atoms with Gasteiger partial charge in [0.25, 0.3) is 10.1 Å². The van der Waals surface area contributed by atoms with Gasteiger partial charge in [0, 0.05) is 18.2 Å². The Morgan fingerprint density at radius 2 is 2.10 bits per heavy atom. The highest BCUT2D eigenvalue weighted by Crippen LogP contribution is 1.88. The quantitative estimate of drug-likeness (QED) is 0.463. The molecule has 7 heteroatoms. The summed E-state index contributed by atoms with van der Waals surface area (Å²) in [5.74, 6) is -1.25. The Hall–Kier alpha value is -0.330. The van der Waals surface area contributed by atoms with Crippen molar-refractivity contribution in [2.45, 2.75) is 6.42 Å². The van der Waals surface area contributed by atoms with Gasteiger partial charge in [0.15, 0.2) is 0 Å². The van der Waals surface area contributed by atoms with E-state index in [1.807, 2.05) is 0 Å². The van der Waals surface area contributed by atoms with Crippen molar-refractivity contribution < 1.29 is 17.8 Å². The van der Waals surface area contributed by atoms with Crippen LogP contribution < -0.4 is 4.84 Å². The van der Waals surface area contributed by atoms with Gasteiger partial charge >= 0.3 is 0 Å². The first-order valence-corrected chi connectivity index (χ1v) is 4.29. The van der Waals surface area contributed by atoms with Gasteiger partial charge in [0.2, 0.25) is 5.91 Å².